The summed E-state index contributed by atoms with van der Waals surface area (Å²) in [7, 11) is 0. The number of fused-ring (bicyclic) bond motifs is 7. The van der Waals surface area contributed by atoms with E-state index in [2.05, 4.69) is 20.8 Å². The zero-order valence-corrected chi connectivity index (χ0v) is 20.7. The van der Waals surface area contributed by atoms with Crippen molar-refractivity contribution in [3.8, 4) is 0 Å². The van der Waals surface area contributed by atoms with Crippen molar-refractivity contribution in [3.63, 3.8) is 0 Å². The first kappa shape index (κ1) is 23.2. The average Bonchev–Trinajstić information content (AvgIpc) is 3.21. The largest absolute Gasteiger partial charge is 0.390 e. The van der Waals surface area contributed by atoms with Gasteiger partial charge in [-0.2, -0.15) is 0 Å². The SMILES string of the molecule is C[C@@H]1CC[C@@]2(OC1)O[C@H]1C[C@H]3[C@@H]4CC[C@]5(O)C[C@H](O)[C@@H](O)[C@@H](O)[C@]5(C)[C@H]4CC[C@]3(C)[C@H]1[C@@H]2C. The van der Waals surface area contributed by atoms with Crippen LogP contribution in [0.4, 0.5) is 0 Å². The first-order chi connectivity index (χ1) is 15.5. The first-order valence-corrected chi connectivity index (χ1v) is 13.6. The summed E-state index contributed by atoms with van der Waals surface area (Å²) in [4.78, 5) is 0. The Balaban J connectivity index is 1.30. The first-order valence-electron chi connectivity index (χ1n) is 13.6. The van der Waals surface area contributed by atoms with Gasteiger partial charge in [-0.25, -0.2) is 0 Å². The Bertz CT molecular complexity index is 795. The maximum atomic E-state index is 11.7. The molecule has 4 N–H and O–H groups in total. The van der Waals surface area contributed by atoms with Gasteiger partial charge in [0.05, 0.1) is 30.5 Å². The molecule has 0 unspecified atom stereocenters. The van der Waals surface area contributed by atoms with Crippen molar-refractivity contribution >= 4 is 0 Å². The van der Waals surface area contributed by atoms with Gasteiger partial charge in [-0.3, -0.25) is 0 Å². The van der Waals surface area contributed by atoms with Gasteiger partial charge in [-0.1, -0.05) is 27.7 Å². The Morgan fingerprint density at radius 2 is 1.67 bits per heavy atom. The van der Waals surface area contributed by atoms with Crippen molar-refractivity contribution in [2.24, 2.45) is 46.3 Å². The Hall–Kier alpha value is -0.240. The second-order valence-electron chi connectivity index (χ2n) is 13.5. The Labute approximate surface area is 198 Å². The molecule has 2 saturated heterocycles. The highest BCUT2D eigenvalue weighted by Crippen LogP contribution is 2.71. The maximum Gasteiger partial charge on any atom is 0.171 e. The van der Waals surface area contributed by atoms with Crippen LogP contribution in [0.2, 0.25) is 0 Å². The van der Waals surface area contributed by atoms with Gasteiger partial charge in [0.25, 0.3) is 0 Å². The predicted molar refractivity (Wildman–Crippen MR) is 122 cm³/mol. The molecule has 2 aliphatic heterocycles. The molecule has 6 aliphatic rings. The van der Waals surface area contributed by atoms with E-state index < -0.39 is 35.1 Å². The summed E-state index contributed by atoms with van der Waals surface area (Å²) in [5.74, 6) is 2.07. The number of ether oxygens (including phenoxy) is 2. The minimum absolute atomic E-state index is 0.140. The van der Waals surface area contributed by atoms with Crippen molar-refractivity contribution in [1.82, 2.24) is 0 Å². The Kier molecular flexibility index (Phi) is 5.03. The van der Waals surface area contributed by atoms with Crippen molar-refractivity contribution in [2.45, 2.75) is 115 Å². The van der Waals surface area contributed by atoms with Gasteiger partial charge in [0.1, 0.15) is 6.10 Å². The molecule has 0 radical (unpaired) electrons. The van der Waals surface area contributed by atoms with Crippen LogP contribution in [0, 0.1) is 46.3 Å². The van der Waals surface area contributed by atoms with Crippen molar-refractivity contribution < 1.29 is 29.9 Å². The third-order valence-corrected chi connectivity index (χ3v) is 12.2. The van der Waals surface area contributed by atoms with Gasteiger partial charge >= 0.3 is 0 Å². The molecule has 1 spiro atoms. The quantitative estimate of drug-likeness (QED) is 0.440. The van der Waals surface area contributed by atoms with Crippen LogP contribution in [0.15, 0.2) is 0 Å². The van der Waals surface area contributed by atoms with Crippen molar-refractivity contribution in [3.05, 3.63) is 0 Å². The number of aliphatic hydroxyl groups excluding tert-OH is 3. The highest BCUT2D eigenvalue weighted by molar-refractivity contribution is 5.20. The van der Waals surface area contributed by atoms with E-state index in [1.165, 1.54) is 0 Å². The molecule has 0 aromatic carbocycles. The summed E-state index contributed by atoms with van der Waals surface area (Å²) < 4.78 is 13.2. The summed E-state index contributed by atoms with van der Waals surface area (Å²) in [6.07, 6.45) is 3.67. The lowest BCUT2D eigenvalue weighted by Crippen LogP contribution is -2.71. The van der Waals surface area contributed by atoms with Gasteiger partial charge < -0.3 is 29.9 Å². The minimum Gasteiger partial charge on any atom is -0.390 e. The molecule has 6 fully saturated rings. The van der Waals surface area contributed by atoms with Gasteiger partial charge in [-0.15, -0.1) is 0 Å². The van der Waals surface area contributed by atoms with Crippen LogP contribution in [0.3, 0.4) is 0 Å². The van der Waals surface area contributed by atoms with Crippen LogP contribution in [0.5, 0.6) is 0 Å². The van der Waals surface area contributed by atoms with E-state index in [0.29, 0.717) is 36.0 Å². The van der Waals surface area contributed by atoms with Crippen LogP contribution >= 0.6 is 0 Å². The lowest BCUT2D eigenvalue weighted by atomic mass is 9.42. The molecule has 0 bridgehead atoms. The molecule has 0 aromatic heterocycles. The molecule has 0 amide bonds. The van der Waals surface area contributed by atoms with Crippen molar-refractivity contribution in [2.75, 3.05) is 6.61 Å². The van der Waals surface area contributed by atoms with Crippen LogP contribution in [0.25, 0.3) is 0 Å². The third-order valence-electron chi connectivity index (χ3n) is 12.2. The summed E-state index contributed by atoms with van der Waals surface area (Å²) in [6.45, 7) is 9.85. The van der Waals surface area contributed by atoms with Crippen LogP contribution in [-0.4, -0.2) is 62.8 Å². The summed E-state index contributed by atoms with van der Waals surface area (Å²) >= 11 is 0. The standard InChI is InChI=1S/C27H44O6/c1-14-5-10-27(32-13-14)15(2)21-20(33-27)11-18-16-6-9-26(31)12-19(28)22(29)23(30)25(26,4)17(16)7-8-24(18,21)3/h14-23,28-31H,5-13H2,1-4H3/t14-,15+,16-,17+,18+,19+,20+,21+,22-,23-,24+,25+,26+,27-/m1/s1. The topological polar surface area (TPSA) is 99.4 Å². The van der Waals surface area contributed by atoms with Gasteiger partial charge in [0, 0.05) is 24.2 Å². The molecule has 14 atom stereocenters. The summed E-state index contributed by atoms with van der Waals surface area (Å²) in [6, 6.07) is 0. The minimum atomic E-state index is -1.20. The summed E-state index contributed by atoms with van der Waals surface area (Å²) in [5.41, 5.74) is -1.76. The van der Waals surface area contributed by atoms with Crippen LogP contribution < -0.4 is 0 Å². The van der Waals surface area contributed by atoms with E-state index in [1.54, 1.807) is 0 Å². The fourth-order valence-corrected chi connectivity index (χ4v) is 10.3. The lowest BCUT2D eigenvalue weighted by molar-refractivity contribution is -0.290. The fraction of sp³-hybridized carbons (Fsp3) is 1.00. The fourth-order valence-electron chi connectivity index (χ4n) is 10.3. The van der Waals surface area contributed by atoms with E-state index in [1.807, 2.05) is 6.92 Å². The summed E-state index contributed by atoms with van der Waals surface area (Å²) in [5, 5.41) is 43.8. The van der Waals surface area contributed by atoms with Gasteiger partial charge in [0.15, 0.2) is 5.79 Å². The molecule has 6 nitrogen and oxygen atoms in total. The molecule has 6 rings (SSSR count). The Morgan fingerprint density at radius 3 is 2.36 bits per heavy atom. The second kappa shape index (κ2) is 7.17. The molecule has 2 heterocycles. The average molecular weight is 465 g/mol. The molecule has 188 valence electrons. The number of hydrogen-bond acceptors (Lipinski definition) is 6. The highest BCUT2D eigenvalue weighted by Gasteiger charge is 2.72. The molecule has 33 heavy (non-hydrogen) atoms. The molecule has 0 aromatic rings. The van der Waals surface area contributed by atoms with Gasteiger partial charge in [0.2, 0.25) is 0 Å². The number of hydrogen-bond donors (Lipinski definition) is 4. The molecular weight excluding hydrogens is 420 g/mol. The zero-order chi connectivity index (χ0) is 23.6. The predicted octanol–water partition coefficient (Wildman–Crippen LogP) is 2.85. The monoisotopic (exact) mass is 464 g/mol. The molecule has 6 heteroatoms. The van der Waals surface area contributed by atoms with E-state index in [9.17, 15) is 20.4 Å². The lowest BCUT2D eigenvalue weighted by Gasteiger charge is -2.66. The molecule has 4 aliphatic carbocycles. The van der Waals surface area contributed by atoms with E-state index >= 15 is 0 Å². The highest BCUT2D eigenvalue weighted by atomic mass is 16.7. The number of aliphatic hydroxyl groups is 4. The normalized spacial score (nSPS) is 64.7. The van der Waals surface area contributed by atoms with E-state index in [0.717, 1.165) is 45.1 Å². The second-order valence-corrected chi connectivity index (χ2v) is 13.5. The molecular formula is C27H44O6. The van der Waals surface area contributed by atoms with Crippen LogP contribution in [0.1, 0.15) is 79.1 Å². The third kappa shape index (κ3) is 2.77. The van der Waals surface area contributed by atoms with Gasteiger partial charge in [-0.05, 0) is 73.5 Å². The maximum absolute atomic E-state index is 11.7. The smallest absolute Gasteiger partial charge is 0.171 e. The number of rotatable bonds is 0. The zero-order valence-electron chi connectivity index (χ0n) is 20.7. The molecule has 4 saturated carbocycles. The Morgan fingerprint density at radius 1 is 0.909 bits per heavy atom. The van der Waals surface area contributed by atoms with E-state index in [-0.39, 0.29) is 23.9 Å². The van der Waals surface area contributed by atoms with E-state index in [4.69, 9.17) is 9.47 Å². The van der Waals surface area contributed by atoms with Crippen LogP contribution in [-0.2, 0) is 9.47 Å². The van der Waals surface area contributed by atoms with Crippen molar-refractivity contribution in [1.29, 1.82) is 0 Å².